The van der Waals surface area contributed by atoms with Gasteiger partial charge in [0.25, 0.3) is 0 Å². The minimum Gasteiger partial charge on any atom is -0.464 e. The van der Waals surface area contributed by atoms with Crippen LogP contribution in [-0.2, 0) is 9.53 Å². The van der Waals surface area contributed by atoms with E-state index in [1.54, 1.807) is 13.0 Å². The molecule has 0 aliphatic carbocycles. The van der Waals surface area contributed by atoms with Gasteiger partial charge in [-0.2, -0.15) is 0 Å². The number of primary amides is 1. The SMILES string of the molecule is COC(=O)c1ncc(C=CC(N)=O)cc1C. The first-order valence-electron chi connectivity index (χ1n) is 4.57. The Hall–Kier alpha value is -2.17. The van der Waals surface area contributed by atoms with Crippen LogP contribution in [0.4, 0.5) is 0 Å². The first-order chi connectivity index (χ1) is 7.54. The monoisotopic (exact) mass is 220 g/mol. The third-order valence-electron chi connectivity index (χ3n) is 1.92. The van der Waals surface area contributed by atoms with Gasteiger partial charge in [-0.25, -0.2) is 9.78 Å². The number of pyridine rings is 1. The van der Waals surface area contributed by atoms with Crippen molar-refractivity contribution in [2.75, 3.05) is 7.11 Å². The van der Waals surface area contributed by atoms with Gasteiger partial charge in [0.1, 0.15) is 0 Å². The molecule has 5 nitrogen and oxygen atoms in total. The Morgan fingerprint density at radius 1 is 1.50 bits per heavy atom. The third kappa shape index (κ3) is 2.91. The van der Waals surface area contributed by atoms with Crippen LogP contribution in [0.1, 0.15) is 21.6 Å². The van der Waals surface area contributed by atoms with Gasteiger partial charge < -0.3 is 10.5 Å². The van der Waals surface area contributed by atoms with Crippen LogP contribution in [0.3, 0.4) is 0 Å². The number of methoxy groups -OCH3 is 1. The summed E-state index contributed by atoms with van der Waals surface area (Å²) in [4.78, 5) is 25.7. The Balaban J connectivity index is 2.99. The van der Waals surface area contributed by atoms with Crippen LogP contribution < -0.4 is 5.73 Å². The Morgan fingerprint density at radius 3 is 2.69 bits per heavy atom. The van der Waals surface area contributed by atoms with Gasteiger partial charge in [0.05, 0.1) is 7.11 Å². The summed E-state index contributed by atoms with van der Waals surface area (Å²) in [6, 6.07) is 1.72. The normalized spacial score (nSPS) is 10.4. The molecule has 1 rings (SSSR count). The van der Waals surface area contributed by atoms with Crippen molar-refractivity contribution in [1.29, 1.82) is 0 Å². The molecule has 0 spiro atoms. The lowest BCUT2D eigenvalue weighted by molar-refractivity contribution is -0.113. The van der Waals surface area contributed by atoms with E-state index in [2.05, 4.69) is 9.72 Å². The van der Waals surface area contributed by atoms with Gasteiger partial charge in [0, 0.05) is 12.3 Å². The smallest absolute Gasteiger partial charge is 0.356 e. The van der Waals surface area contributed by atoms with Crippen molar-refractivity contribution < 1.29 is 14.3 Å². The van der Waals surface area contributed by atoms with E-state index in [0.29, 0.717) is 11.1 Å². The summed E-state index contributed by atoms with van der Waals surface area (Å²) in [6.07, 6.45) is 4.23. The molecule has 5 heteroatoms. The predicted octanol–water partition coefficient (Wildman–Crippen LogP) is 0.675. The van der Waals surface area contributed by atoms with E-state index < -0.39 is 11.9 Å². The van der Waals surface area contributed by atoms with Crippen molar-refractivity contribution in [2.24, 2.45) is 5.73 Å². The summed E-state index contributed by atoms with van der Waals surface area (Å²) in [5.41, 5.74) is 6.60. The van der Waals surface area contributed by atoms with E-state index in [-0.39, 0.29) is 5.69 Å². The zero-order valence-electron chi connectivity index (χ0n) is 9.06. The Morgan fingerprint density at radius 2 is 2.19 bits per heavy atom. The fraction of sp³-hybridized carbons (Fsp3) is 0.182. The van der Waals surface area contributed by atoms with Gasteiger partial charge in [-0.15, -0.1) is 0 Å². The standard InChI is InChI=1S/C11H12N2O3/c1-7-5-8(3-4-9(12)14)6-13-10(7)11(15)16-2/h3-6H,1-2H3,(H2,12,14). The second-order valence-electron chi connectivity index (χ2n) is 3.16. The number of aryl methyl sites for hydroxylation is 1. The number of nitrogens with zero attached hydrogens (tertiary/aromatic N) is 1. The minimum atomic E-state index is -0.533. The second kappa shape index (κ2) is 5.06. The van der Waals surface area contributed by atoms with Crippen LogP contribution in [0.2, 0.25) is 0 Å². The number of carbonyl (C=O) groups excluding carboxylic acids is 2. The molecule has 0 fully saturated rings. The van der Waals surface area contributed by atoms with E-state index in [9.17, 15) is 9.59 Å². The lowest BCUT2D eigenvalue weighted by atomic mass is 10.1. The molecule has 16 heavy (non-hydrogen) atoms. The molecule has 1 aromatic rings. The average Bonchev–Trinajstić information content (AvgIpc) is 2.25. The first kappa shape index (κ1) is 11.9. The van der Waals surface area contributed by atoms with Gasteiger partial charge >= 0.3 is 5.97 Å². The van der Waals surface area contributed by atoms with Crippen molar-refractivity contribution in [1.82, 2.24) is 4.98 Å². The summed E-state index contributed by atoms with van der Waals surface area (Å²) >= 11 is 0. The largest absolute Gasteiger partial charge is 0.464 e. The van der Waals surface area contributed by atoms with Crippen molar-refractivity contribution in [3.8, 4) is 0 Å². The molecule has 0 saturated carbocycles. The van der Waals surface area contributed by atoms with Crippen molar-refractivity contribution >= 4 is 18.0 Å². The van der Waals surface area contributed by atoms with Gasteiger partial charge in [0.15, 0.2) is 5.69 Å². The Labute approximate surface area is 92.9 Å². The van der Waals surface area contributed by atoms with Gasteiger partial charge in [-0.05, 0) is 30.2 Å². The molecule has 0 aromatic carbocycles. The van der Waals surface area contributed by atoms with Crippen molar-refractivity contribution in [2.45, 2.75) is 6.92 Å². The molecule has 0 bridgehead atoms. The molecule has 1 aromatic heterocycles. The Bertz CT molecular complexity index is 453. The number of rotatable bonds is 3. The predicted molar refractivity (Wildman–Crippen MR) is 58.5 cm³/mol. The lowest BCUT2D eigenvalue weighted by Gasteiger charge is -2.03. The van der Waals surface area contributed by atoms with E-state index in [0.717, 1.165) is 0 Å². The fourth-order valence-corrected chi connectivity index (χ4v) is 1.18. The number of esters is 1. The molecule has 0 saturated heterocycles. The average molecular weight is 220 g/mol. The van der Waals surface area contributed by atoms with Crippen LogP contribution in [0.5, 0.6) is 0 Å². The lowest BCUT2D eigenvalue weighted by Crippen LogP contribution is -2.07. The molecule has 1 heterocycles. The van der Waals surface area contributed by atoms with Crippen LogP contribution in [-0.4, -0.2) is 24.0 Å². The molecule has 2 N–H and O–H groups in total. The highest BCUT2D eigenvalue weighted by Crippen LogP contribution is 2.10. The summed E-state index contributed by atoms with van der Waals surface area (Å²) in [5.74, 6) is -1.02. The zero-order valence-corrected chi connectivity index (χ0v) is 9.06. The van der Waals surface area contributed by atoms with Crippen LogP contribution in [0, 0.1) is 6.92 Å². The van der Waals surface area contributed by atoms with Gasteiger partial charge in [-0.1, -0.05) is 0 Å². The van der Waals surface area contributed by atoms with E-state index in [1.807, 2.05) is 0 Å². The number of hydrogen-bond acceptors (Lipinski definition) is 4. The quantitative estimate of drug-likeness (QED) is 0.599. The maximum atomic E-state index is 11.2. The molecule has 0 aliphatic rings. The number of amides is 1. The van der Waals surface area contributed by atoms with Crippen LogP contribution in [0.15, 0.2) is 18.3 Å². The van der Waals surface area contributed by atoms with E-state index in [4.69, 9.17) is 5.73 Å². The van der Waals surface area contributed by atoms with Crippen LogP contribution >= 0.6 is 0 Å². The fourth-order valence-electron chi connectivity index (χ4n) is 1.18. The van der Waals surface area contributed by atoms with E-state index >= 15 is 0 Å². The highest BCUT2D eigenvalue weighted by Gasteiger charge is 2.10. The molecule has 1 amide bonds. The van der Waals surface area contributed by atoms with Gasteiger partial charge in [0.2, 0.25) is 5.91 Å². The van der Waals surface area contributed by atoms with Crippen molar-refractivity contribution in [3.63, 3.8) is 0 Å². The summed E-state index contributed by atoms with van der Waals surface area (Å²) in [6.45, 7) is 1.74. The van der Waals surface area contributed by atoms with E-state index in [1.165, 1.54) is 25.5 Å². The summed E-state index contributed by atoms with van der Waals surface area (Å²) in [7, 11) is 1.30. The third-order valence-corrected chi connectivity index (χ3v) is 1.92. The number of hydrogen-bond donors (Lipinski definition) is 1. The Kier molecular flexibility index (Phi) is 3.77. The maximum absolute atomic E-state index is 11.2. The van der Waals surface area contributed by atoms with Gasteiger partial charge in [-0.3, -0.25) is 4.79 Å². The number of ether oxygens (including phenoxy) is 1. The summed E-state index contributed by atoms with van der Waals surface area (Å²) in [5, 5.41) is 0. The van der Waals surface area contributed by atoms with Crippen molar-refractivity contribution in [3.05, 3.63) is 35.2 Å². The highest BCUT2D eigenvalue weighted by atomic mass is 16.5. The zero-order chi connectivity index (χ0) is 12.1. The molecule has 0 unspecified atom stereocenters. The second-order valence-corrected chi connectivity index (χ2v) is 3.16. The maximum Gasteiger partial charge on any atom is 0.356 e. The highest BCUT2D eigenvalue weighted by molar-refractivity contribution is 5.91. The molecular formula is C11H12N2O3. The minimum absolute atomic E-state index is 0.263. The summed E-state index contributed by atoms with van der Waals surface area (Å²) < 4.78 is 4.56. The molecule has 0 radical (unpaired) electrons. The molecule has 0 aliphatic heterocycles. The molecular weight excluding hydrogens is 208 g/mol. The topological polar surface area (TPSA) is 82.3 Å². The number of nitrogens with two attached hydrogens (primary N) is 1. The van der Waals surface area contributed by atoms with Crippen LogP contribution in [0.25, 0.3) is 6.08 Å². The molecule has 0 atom stereocenters. The molecule has 84 valence electrons. The number of carbonyl (C=O) groups is 2. The first-order valence-corrected chi connectivity index (χ1v) is 4.57. The number of aromatic nitrogens is 1.